The smallest absolute Gasteiger partial charge is 0.339 e. The number of hydrogen-bond acceptors (Lipinski definition) is 9. The van der Waals surface area contributed by atoms with Gasteiger partial charge in [0.15, 0.2) is 0 Å². The van der Waals surface area contributed by atoms with Gasteiger partial charge >= 0.3 is 47.8 Å². The number of aromatic carboxylic acids is 8. The van der Waals surface area contributed by atoms with Crippen LogP contribution in [0.15, 0.2) is 108 Å². The van der Waals surface area contributed by atoms with Crippen molar-refractivity contribution in [1.82, 2.24) is 0 Å². The highest BCUT2D eigenvalue weighted by Gasteiger charge is 2.18. The summed E-state index contributed by atoms with van der Waals surface area (Å²) in [6, 6.07) is 24.4. The summed E-state index contributed by atoms with van der Waals surface area (Å²) < 4.78 is 5.00. The van der Waals surface area contributed by atoms with E-state index in [9.17, 15) is 38.4 Å². The van der Waals surface area contributed by atoms with Crippen LogP contribution in [0.1, 0.15) is 88.4 Å². The van der Waals surface area contributed by atoms with Gasteiger partial charge in [0, 0.05) is 4.47 Å². The zero-order valence-corrected chi connectivity index (χ0v) is 31.5. The zero-order valence-electron chi connectivity index (χ0n) is 29.9. The van der Waals surface area contributed by atoms with E-state index in [2.05, 4.69) is 15.9 Å². The highest BCUT2D eigenvalue weighted by molar-refractivity contribution is 9.10. The molecule has 5 rings (SSSR count). The molecule has 0 bridgehead atoms. The number of ether oxygens (including phenoxy) is 1. The molecular weight excluding hydrogens is 832 g/mol. The summed E-state index contributed by atoms with van der Waals surface area (Å²) in [7, 11) is 1.23. The van der Waals surface area contributed by atoms with Crippen LogP contribution in [0.2, 0.25) is 0 Å². The highest BCUT2D eigenvalue weighted by Crippen LogP contribution is 2.24. The van der Waals surface area contributed by atoms with Gasteiger partial charge in [-0.2, -0.15) is 0 Å². The molecule has 0 radical (unpaired) electrons. The van der Waals surface area contributed by atoms with Gasteiger partial charge in [0.2, 0.25) is 0 Å². The quantitative estimate of drug-likeness (QED) is 0.0695. The molecule has 0 saturated heterocycles. The van der Waals surface area contributed by atoms with Crippen molar-refractivity contribution >= 4 is 63.7 Å². The van der Waals surface area contributed by atoms with Crippen molar-refractivity contribution in [3.05, 3.63) is 158 Å². The second-order valence-corrected chi connectivity index (χ2v) is 12.1. The van der Waals surface area contributed by atoms with Gasteiger partial charge in [-0.3, -0.25) is 0 Å². The van der Waals surface area contributed by atoms with Gasteiger partial charge in [-0.05, 0) is 112 Å². The van der Waals surface area contributed by atoms with E-state index in [0.717, 1.165) is 11.1 Å². The molecule has 0 fully saturated rings. The molecule has 5 aromatic rings. The molecule has 18 heteroatoms. The summed E-state index contributed by atoms with van der Waals surface area (Å²) in [5, 5.41) is 69.4. The number of benzene rings is 5. The predicted molar refractivity (Wildman–Crippen MR) is 206 cm³/mol. The molecule has 0 amide bonds. The Morgan fingerprint density at radius 2 is 0.741 bits per heavy atom. The minimum atomic E-state index is -1.22. The number of carbonyl (C=O) groups is 8. The number of aryl methyl sites for hydroxylation is 1. The van der Waals surface area contributed by atoms with Crippen molar-refractivity contribution in [2.45, 2.75) is 6.92 Å². The van der Waals surface area contributed by atoms with E-state index in [-0.39, 0.29) is 54.7 Å². The molecule has 0 unspecified atom stereocenters. The molecule has 0 aliphatic heterocycles. The van der Waals surface area contributed by atoms with Crippen molar-refractivity contribution in [2.24, 2.45) is 0 Å². The van der Waals surface area contributed by atoms with Gasteiger partial charge in [-0.15, -0.1) is 0 Å². The lowest BCUT2D eigenvalue weighted by molar-refractivity contribution is 0.0673. The van der Waals surface area contributed by atoms with E-state index in [4.69, 9.17) is 45.6 Å². The normalized spacial score (nSPS) is 9.71. The third-order valence-electron chi connectivity index (χ3n) is 7.43. The first-order valence-electron chi connectivity index (χ1n) is 15.8. The van der Waals surface area contributed by atoms with Gasteiger partial charge < -0.3 is 45.6 Å². The van der Waals surface area contributed by atoms with Gasteiger partial charge in [-0.25, -0.2) is 38.4 Å². The molecule has 0 atom stereocenters. The van der Waals surface area contributed by atoms with Crippen LogP contribution in [0.4, 0.5) is 0 Å². The molecule has 0 spiro atoms. The Bertz CT molecular complexity index is 2210. The van der Waals surface area contributed by atoms with Crippen molar-refractivity contribution in [1.29, 1.82) is 0 Å². The second-order valence-electron chi connectivity index (χ2n) is 11.2. The molecule has 17 nitrogen and oxygen atoms in total. The van der Waals surface area contributed by atoms with Crippen LogP contribution in [0, 0.1) is 6.92 Å². The Kier molecular flexibility index (Phi) is 17.0. The molecule has 0 aliphatic carbocycles. The molecule has 8 N–H and O–H groups in total. The summed E-state index contributed by atoms with van der Waals surface area (Å²) in [4.78, 5) is 84.8. The van der Waals surface area contributed by atoms with Crippen LogP contribution in [0.25, 0.3) is 11.1 Å². The van der Waals surface area contributed by atoms with Crippen LogP contribution in [-0.4, -0.2) is 95.7 Å². The number of methoxy groups -OCH3 is 1. The Labute approximate surface area is 335 Å². The lowest BCUT2D eigenvalue weighted by Crippen LogP contribution is -2.06. The van der Waals surface area contributed by atoms with E-state index in [1.54, 1.807) is 31.2 Å². The van der Waals surface area contributed by atoms with Crippen LogP contribution >= 0.6 is 15.9 Å². The summed E-state index contributed by atoms with van der Waals surface area (Å²) >= 11 is 2.97. The van der Waals surface area contributed by atoms with E-state index in [0.29, 0.717) is 5.56 Å². The van der Waals surface area contributed by atoms with Gasteiger partial charge in [0.05, 0.1) is 40.5 Å². The molecule has 0 aliphatic rings. The molecule has 58 heavy (non-hydrogen) atoms. The fourth-order valence-corrected chi connectivity index (χ4v) is 5.11. The van der Waals surface area contributed by atoms with Crippen LogP contribution < -0.4 is 4.74 Å². The van der Waals surface area contributed by atoms with Gasteiger partial charge in [0.25, 0.3) is 0 Å². The zero-order chi connectivity index (χ0) is 43.9. The van der Waals surface area contributed by atoms with Crippen LogP contribution in [0.3, 0.4) is 0 Å². The third-order valence-corrected chi connectivity index (χ3v) is 8.08. The Morgan fingerprint density at radius 3 is 1.03 bits per heavy atom. The molecule has 300 valence electrons. The maximum Gasteiger partial charge on any atom is 0.339 e. The first-order chi connectivity index (χ1) is 27.2. The average Bonchev–Trinajstić information content (AvgIpc) is 3.17. The van der Waals surface area contributed by atoms with E-state index in [1.807, 2.05) is 0 Å². The van der Waals surface area contributed by atoms with Crippen molar-refractivity contribution in [3.63, 3.8) is 0 Å². The van der Waals surface area contributed by atoms with E-state index in [1.165, 1.54) is 86.0 Å². The van der Waals surface area contributed by atoms with Crippen molar-refractivity contribution < 1.29 is 83.9 Å². The molecular formula is C40H31BrO17. The predicted octanol–water partition coefficient (Wildman–Crippen LogP) is 7.08. The number of para-hydroxylation sites is 1. The van der Waals surface area contributed by atoms with Crippen LogP contribution in [-0.2, 0) is 0 Å². The summed E-state index contributed by atoms with van der Waals surface area (Å²) in [5.41, 5.74) is 2.59. The maximum absolute atomic E-state index is 10.7. The van der Waals surface area contributed by atoms with E-state index >= 15 is 0 Å². The van der Waals surface area contributed by atoms with Crippen molar-refractivity contribution in [2.75, 3.05) is 7.11 Å². The standard InChI is InChI=1S/C14H10O4.C9H8O5.C9H8O4.C8H5BrO4/c15-13(16)11-5-1-9(2-6-11)10-3-7-12(8-4-10)14(17)18;1-14-7-5(8(10)11)3-2-4-6(7)9(12)13;1-5-4-6(8(10)11)2-3-7(5)9(12)13;9-6-3-4(7(10)11)1-2-5(6)8(12)13/h1-8H,(H,15,16)(H,17,18);2-4H,1H3,(H,10,11)(H,12,13);2-4H,1H3,(H,10,11)(H,12,13);1-3H,(H,10,11)(H,12,13). The molecule has 0 heterocycles. The summed E-state index contributed by atoms with van der Waals surface area (Å²) in [6.07, 6.45) is 0. The van der Waals surface area contributed by atoms with Gasteiger partial charge in [0.1, 0.15) is 16.9 Å². The summed E-state index contributed by atoms with van der Waals surface area (Å²) in [6.45, 7) is 1.57. The number of carboxylic acid groups (broad SMARTS) is 8. The fourth-order valence-electron chi connectivity index (χ4n) is 4.56. The monoisotopic (exact) mass is 862 g/mol. The number of rotatable bonds is 10. The van der Waals surface area contributed by atoms with Crippen LogP contribution in [0.5, 0.6) is 5.75 Å². The fraction of sp³-hybridized carbons (Fsp3) is 0.0500. The minimum Gasteiger partial charge on any atom is -0.495 e. The first kappa shape index (κ1) is 46.3. The lowest BCUT2D eigenvalue weighted by Gasteiger charge is -2.07. The largest absolute Gasteiger partial charge is 0.495 e. The molecule has 0 saturated carbocycles. The Balaban J connectivity index is 0.000000270. The Morgan fingerprint density at radius 1 is 0.414 bits per heavy atom. The number of hydrogen-bond donors (Lipinski definition) is 8. The second kappa shape index (κ2) is 21.3. The topological polar surface area (TPSA) is 308 Å². The average molecular weight is 864 g/mol. The van der Waals surface area contributed by atoms with Gasteiger partial charge in [-0.1, -0.05) is 30.3 Å². The minimum absolute atomic E-state index is 0.0463. The first-order valence-corrected chi connectivity index (χ1v) is 16.6. The lowest BCUT2D eigenvalue weighted by atomic mass is 10.0. The highest BCUT2D eigenvalue weighted by atomic mass is 79.9. The Hall–Kier alpha value is -7.86. The third kappa shape index (κ3) is 13.2. The SMILES string of the molecule is COc1c(C(=O)O)cccc1C(=O)O.Cc1cc(C(=O)O)ccc1C(=O)O.O=C(O)c1ccc(-c2ccc(C(=O)O)cc2)cc1.O=C(O)c1ccc(C(=O)O)c(Br)c1. The van der Waals surface area contributed by atoms with Crippen molar-refractivity contribution in [3.8, 4) is 16.9 Å². The molecule has 0 aromatic heterocycles. The number of carboxylic acids is 8. The number of halogens is 1. The maximum atomic E-state index is 10.7. The van der Waals surface area contributed by atoms with E-state index < -0.39 is 47.8 Å². The molecule has 5 aromatic carbocycles. The summed E-state index contributed by atoms with van der Waals surface area (Å²) in [5.74, 6) is -8.79.